The Morgan fingerprint density at radius 1 is 0.926 bits per heavy atom. The van der Waals surface area contributed by atoms with Crippen LogP contribution < -0.4 is 20.1 Å². The maximum absolute atomic E-state index is 12.2. The lowest BCUT2D eigenvalue weighted by atomic mass is 10.2. The van der Waals surface area contributed by atoms with Crippen LogP contribution in [0.3, 0.4) is 0 Å². The van der Waals surface area contributed by atoms with E-state index in [0.29, 0.717) is 22.9 Å². The van der Waals surface area contributed by atoms with Crippen molar-refractivity contribution < 1.29 is 19.1 Å². The summed E-state index contributed by atoms with van der Waals surface area (Å²) in [6.07, 6.45) is 3.11. The second-order valence-corrected chi connectivity index (χ2v) is 6.16. The zero-order valence-electron chi connectivity index (χ0n) is 15.9. The van der Waals surface area contributed by atoms with Crippen LogP contribution in [0.1, 0.15) is 19.4 Å². The van der Waals surface area contributed by atoms with Crippen molar-refractivity contribution in [2.24, 2.45) is 5.92 Å². The Hall–Kier alpha value is -3.28. The number of anilines is 2. The number of hydrogen-bond donors (Lipinski definition) is 2. The summed E-state index contributed by atoms with van der Waals surface area (Å²) in [6.45, 7) is 3.64. The van der Waals surface area contributed by atoms with Crippen LogP contribution in [0.25, 0.3) is 6.08 Å². The van der Waals surface area contributed by atoms with Crippen LogP contribution in [-0.2, 0) is 9.59 Å². The summed E-state index contributed by atoms with van der Waals surface area (Å²) in [5.41, 5.74) is 2.04. The van der Waals surface area contributed by atoms with Gasteiger partial charge in [0.15, 0.2) is 11.5 Å². The molecule has 0 saturated heterocycles. The lowest BCUT2D eigenvalue weighted by molar-refractivity contribution is -0.119. The van der Waals surface area contributed by atoms with Crippen molar-refractivity contribution in [3.63, 3.8) is 0 Å². The molecule has 142 valence electrons. The predicted octanol–water partition coefficient (Wildman–Crippen LogP) is 3.95. The highest BCUT2D eigenvalue weighted by atomic mass is 16.5. The molecule has 0 radical (unpaired) electrons. The summed E-state index contributed by atoms with van der Waals surface area (Å²) in [6, 6.07) is 12.4. The van der Waals surface area contributed by atoms with Crippen LogP contribution in [0.15, 0.2) is 48.5 Å². The number of carbonyl (C=O) groups is 2. The summed E-state index contributed by atoms with van der Waals surface area (Å²) < 4.78 is 10.4. The van der Waals surface area contributed by atoms with Gasteiger partial charge in [-0.3, -0.25) is 9.59 Å². The van der Waals surface area contributed by atoms with E-state index in [1.54, 1.807) is 56.7 Å². The number of ether oxygens (including phenoxy) is 2. The van der Waals surface area contributed by atoms with Crippen molar-refractivity contribution in [1.29, 1.82) is 0 Å². The molecule has 0 atom stereocenters. The van der Waals surface area contributed by atoms with E-state index in [2.05, 4.69) is 10.6 Å². The minimum absolute atomic E-state index is 0.0770. The van der Waals surface area contributed by atoms with E-state index in [4.69, 9.17) is 9.47 Å². The fourth-order valence-electron chi connectivity index (χ4n) is 2.27. The highest BCUT2D eigenvalue weighted by Crippen LogP contribution is 2.28. The quantitative estimate of drug-likeness (QED) is 0.726. The molecule has 0 heterocycles. The molecule has 27 heavy (non-hydrogen) atoms. The van der Waals surface area contributed by atoms with Gasteiger partial charge in [0.25, 0.3) is 0 Å². The average molecular weight is 368 g/mol. The Bertz CT molecular complexity index is 844. The van der Waals surface area contributed by atoms with Gasteiger partial charge in [0.2, 0.25) is 11.8 Å². The maximum atomic E-state index is 12.2. The number of amides is 2. The highest BCUT2D eigenvalue weighted by Gasteiger charge is 2.08. The third kappa shape index (κ3) is 5.88. The van der Waals surface area contributed by atoms with Crippen molar-refractivity contribution in [3.05, 3.63) is 54.1 Å². The van der Waals surface area contributed by atoms with Crippen LogP contribution in [0.5, 0.6) is 11.5 Å². The Morgan fingerprint density at radius 3 is 2.22 bits per heavy atom. The molecule has 6 heteroatoms. The van der Waals surface area contributed by atoms with Gasteiger partial charge in [-0.2, -0.15) is 0 Å². The molecule has 2 rings (SSSR count). The van der Waals surface area contributed by atoms with Crippen molar-refractivity contribution in [1.82, 2.24) is 0 Å². The highest BCUT2D eigenvalue weighted by molar-refractivity contribution is 6.02. The SMILES string of the molecule is COc1ccc(/C=C/C(=O)Nc2cccc(NC(=O)C(C)C)c2)cc1OC. The number of rotatable bonds is 7. The topological polar surface area (TPSA) is 76.7 Å². The fraction of sp³-hybridized carbons (Fsp3) is 0.238. The van der Waals surface area contributed by atoms with Gasteiger partial charge in [0.05, 0.1) is 14.2 Å². The zero-order chi connectivity index (χ0) is 19.8. The Balaban J connectivity index is 2.03. The monoisotopic (exact) mass is 368 g/mol. The van der Waals surface area contributed by atoms with Crippen LogP contribution in [0.2, 0.25) is 0 Å². The van der Waals surface area contributed by atoms with Gasteiger partial charge in [0, 0.05) is 23.4 Å². The van der Waals surface area contributed by atoms with E-state index in [1.165, 1.54) is 6.08 Å². The summed E-state index contributed by atoms with van der Waals surface area (Å²) in [5.74, 6) is 0.740. The van der Waals surface area contributed by atoms with E-state index >= 15 is 0 Å². The Kier molecular flexibility index (Phi) is 7.00. The molecule has 0 aromatic heterocycles. The standard InChI is InChI=1S/C21H24N2O4/c1-14(2)21(25)23-17-7-5-6-16(13-17)22-20(24)11-9-15-8-10-18(26-3)19(12-15)27-4/h5-14H,1-4H3,(H,22,24)(H,23,25)/b11-9+. The molecule has 0 bridgehead atoms. The molecule has 0 spiro atoms. The molecule has 2 aromatic rings. The first-order valence-corrected chi connectivity index (χ1v) is 8.55. The lowest BCUT2D eigenvalue weighted by Crippen LogP contribution is -2.17. The molecule has 0 fully saturated rings. The summed E-state index contributed by atoms with van der Waals surface area (Å²) in [5, 5.41) is 5.58. The third-order valence-corrected chi connectivity index (χ3v) is 3.76. The molecule has 2 amide bonds. The summed E-state index contributed by atoms with van der Waals surface area (Å²) in [7, 11) is 3.13. The molecule has 0 saturated carbocycles. The van der Waals surface area contributed by atoms with E-state index in [1.807, 2.05) is 19.9 Å². The number of methoxy groups -OCH3 is 2. The van der Waals surface area contributed by atoms with Crippen LogP contribution in [-0.4, -0.2) is 26.0 Å². The molecule has 0 aliphatic rings. The lowest BCUT2D eigenvalue weighted by Gasteiger charge is -2.09. The maximum Gasteiger partial charge on any atom is 0.248 e. The number of nitrogens with one attached hydrogen (secondary N) is 2. The van der Waals surface area contributed by atoms with Gasteiger partial charge >= 0.3 is 0 Å². The van der Waals surface area contributed by atoms with Gasteiger partial charge in [-0.15, -0.1) is 0 Å². The first-order chi connectivity index (χ1) is 12.9. The first kappa shape index (κ1) is 20.0. The molecule has 0 unspecified atom stereocenters. The molecule has 6 nitrogen and oxygen atoms in total. The molecule has 2 aromatic carbocycles. The average Bonchev–Trinajstić information content (AvgIpc) is 2.66. The molecule has 2 N–H and O–H groups in total. The van der Waals surface area contributed by atoms with Gasteiger partial charge in [0.1, 0.15) is 0 Å². The van der Waals surface area contributed by atoms with Gasteiger partial charge < -0.3 is 20.1 Å². The Morgan fingerprint density at radius 2 is 1.59 bits per heavy atom. The summed E-state index contributed by atoms with van der Waals surface area (Å²) in [4.78, 5) is 23.9. The zero-order valence-corrected chi connectivity index (χ0v) is 15.9. The second kappa shape index (κ2) is 9.43. The van der Waals surface area contributed by atoms with E-state index in [9.17, 15) is 9.59 Å². The van der Waals surface area contributed by atoms with Crippen LogP contribution in [0.4, 0.5) is 11.4 Å². The van der Waals surface area contributed by atoms with Crippen LogP contribution >= 0.6 is 0 Å². The van der Waals surface area contributed by atoms with E-state index in [-0.39, 0.29) is 17.7 Å². The van der Waals surface area contributed by atoms with Crippen molar-refractivity contribution in [2.75, 3.05) is 24.9 Å². The van der Waals surface area contributed by atoms with E-state index in [0.717, 1.165) is 5.56 Å². The number of carbonyl (C=O) groups excluding carboxylic acids is 2. The molecule has 0 aliphatic heterocycles. The first-order valence-electron chi connectivity index (χ1n) is 8.55. The minimum atomic E-state index is -0.280. The number of benzene rings is 2. The smallest absolute Gasteiger partial charge is 0.248 e. The van der Waals surface area contributed by atoms with Gasteiger partial charge in [-0.05, 0) is 42.0 Å². The number of hydrogen-bond acceptors (Lipinski definition) is 4. The van der Waals surface area contributed by atoms with Crippen molar-refractivity contribution in [2.45, 2.75) is 13.8 Å². The third-order valence-electron chi connectivity index (χ3n) is 3.76. The fourth-order valence-corrected chi connectivity index (χ4v) is 2.27. The molecule has 0 aliphatic carbocycles. The predicted molar refractivity (Wildman–Crippen MR) is 107 cm³/mol. The van der Waals surface area contributed by atoms with Crippen LogP contribution in [0, 0.1) is 5.92 Å². The normalized spacial score (nSPS) is 10.7. The second-order valence-electron chi connectivity index (χ2n) is 6.16. The van der Waals surface area contributed by atoms with Gasteiger partial charge in [-0.1, -0.05) is 26.0 Å². The largest absolute Gasteiger partial charge is 0.493 e. The van der Waals surface area contributed by atoms with Gasteiger partial charge in [-0.25, -0.2) is 0 Å². The Labute approximate surface area is 159 Å². The molecular weight excluding hydrogens is 344 g/mol. The van der Waals surface area contributed by atoms with Crippen molar-refractivity contribution in [3.8, 4) is 11.5 Å². The minimum Gasteiger partial charge on any atom is -0.493 e. The van der Waals surface area contributed by atoms with Crippen molar-refractivity contribution >= 4 is 29.3 Å². The van der Waals surface area contributed by atoms with E-state index < -0.39 is 0 Å². The summed E-state index contributed by atoms with van der Waals surface area (Å²) >= 11 is 0. The molecular formula is C21H24N2O4.